The van der Waals surface area contributed by atoms with Crippen LogP contribution in [0.5, 0.6) is 0 Å². The third kappa shape index (κ3) is 4.19. The highest BCUT2D eigenvalue weighted by Gasteiger charge is 2.27. The summed E-state index contributed by atoms with van der Waals surface area (Å²) in [5.41, 5.74) is 2.89. The molecule has 1 N–H and O–H groups in total. The van der Waals surface area contributed by atoms with Crippen molar-refractivity contribution < 1.29 is 13.2 Å². The van der Waals surface area contributed by atoms with Gasteiger partial charge < -0.3 is 5.32 Å². The van der Waals surface area contributed by atoms with Gasteiger partial charge >= 0.3 is 0 Å². The standard InChI is InChI=1S/C19H21ClN2O3S/c1-14-4-6-15(7-5-14)13-21-19(23)17-12-16(8-9-18(17)20)22-10-2-3-11-26(22,24)25/h4-9,12H,2-3,10-11,13H2,1H3,(H,21,23). The summed E-state index contributed by atoms with van der Waals surface area (Å²) in [4.78, 5) is 12.5. The molecule has 2 aromatic carbocycles. The second-order valence-electron chi connectivity index (χ2n) is 6.43. The number of anilines is 1. The minimum Gasteiger partial charge on any atom is -0.348 e. The van der Waals surface area contributed by atoms with Gasteiger partial charge in [0.1, 0.15) is 0 Å². The summed E-state index contributed by atoms with van der Waals surface area (Å²) in [6.07, 6.45) is 1.47. The fraction of sp³-hybridized carbons (Fsp3) is 0.316. The smallest absolute Gasteiger partial charge is 0.253 e. The van der Waals surface area contributed by atoms with Gasteiger partial charge in [-0.05, 0) is 43.5 Å². The second-order valence-corrected chi connectivity index (χ2v) is 8.85. The molecular weight excluding hydrogens is 372 g/mol. The molecule has 5 nitrogen and oxygen atoms in total. The predicted octanol–water partition coefficient (Wildman–Crippen LogP) is 3.51. The molecule has 1 aliphatic rings. The van der Waals surface area contributed by atoms with Crippen molar-refractivity contribution in [3.8, 4) is 0 Å². The molecule has 7 heteroatoms. The summed E-state index contributed by atoms with van der Waals surface area (Å²) in [6.45, 7) is 2.80. The highest BCUT2D eigenvalue weighted by Crippen LogP contribution is 2.28. The normalized spacial score (nSPS) is 16.3. The Balaban J connectivity index is 1.78. The van der Waals surface area contributed by atoms with Crippen LogP contribution in [0.3, 0.4) is 0 Å². The van der Waals surface area contributed by atoms with Gasteiger partial charge in [0.05, 0.1) is 22.0 Å². The van der Waals surface area contributed by atoms with Crippen molar-refractivity contribution in [3.05, 3.63) is 64.2 Å². The predicted molar refractivity (Wildman–Crippen MR) is 104 cm³/mol. The van der Waals surface area contributed by atoms with Crippen molar-refractivity contribution in [2.75, 3.05) is 16.6 Å². The molecule has 2 aromatic rings. The average Bonchev–Trinajstić information content (AvgIpc) is 2.61. The summed E-state index contributed by atoms with van der Waals surface area (Å²) >= 11 is 6.17. The van der Waals surface area contributed by atoms with Gasteiger partial charge in [-0.1, -0.05) is 41.4 Å². The third-order valence-corrected chi connectivity index (χ3v) is 6.60. The quantitative estimate of drug-likeness (QED) is 0.865. The number of nitrogens with one attached hydrogen (secondary N) is 1. The molecule has 138 valence electrons. The zero-order valence-corrected chi connectivity index (χ0v) is 16.1. The SMILES string of the molecule is Cc1ccc(CNC(=O)c2cc(N3CCCCS3(=O)=O)ccc2Cl)cc1. The minimum absolute atomic E-state index is 0.130. The van der Waals surface area contributed by atoms with Gasteiger partial charge in [0.15, 0.2) is 0 Å². The van der Waals surface area contributed by atoms with E-state index in [1.807, 2.05) is 31.2 Å². The van der Waals surface area contributed by atoms with Crippen LogP contribution >= 0.6 is 11.6 Å². The number of carbonyl (C=O) groups is 1. The first-order valence-electron chi connectivity index (χ1n) is 8.50. The molecule has 0 atom stereocenters. The minimum atomic E-state index is -3.33. The lowest BCUT2D eigenvalue weighted by Crippen LogP contribution is -2.38. The van der Waals surface area contributed by atoms with Crippen molar-refractivity contribution in [1.82, 2.24) is 5.32 Å². The van der Waals surface area contributed by atoms with E-state index in [0.717, 1.165) is 17.5 Å². The zero-order chi connectivity index (χ0) is 18.7. The number of amides is 1. The maximum Gasteiger partial charge on any atom is 0.253 e. The molecule has 0 unspecified atom stereocenters. The van der Waals surface area contributed by atoms with E-state index in [0.29, 0.717) is 30.2 Å². The molecule has 0 spiro atoms. The van der Waals surface area contributed by atoms with Gasteiger partial charge in [-0.2, -0.15) is 0 Å². The molecule has 1 fully saturated rings. The number of halogens is 1. The number of hydrogen-bond donors (Lipinski definition) is 1. The van der Waals surface area contributed by atoms with Crippen LogP contribution in [0.15, 0.2) is 42.5 Å². The number of aryl methyl sites for hydroxylation is 1. The number of benzene rings is 2. The largest absolute Gasteiger partial charge is 0.348 e. The van der Waals surface area contributed by atoms with E-state index < -0.39 is 10.0 Å². The van der Waals surface area contributed by atoms with E-state index in [-0.39, 0.29) is 17.2 Å². The molecule has 0 radical (unpaired) electrons. The van der Waals surface area contributed by atoms with Crippen molar-refractivity contribution >= 4 is 33.2 Å². The van der Waals surface area contributed by atoms with Crippen molar-refractivity contribution in [1.29, 1.82) is 0 Å². The Hall–Kier alpha value is -2.05. The van der Waals surface area contributed by atoms with Gasteiger partial charge in [0, 0.05) is 13.1 Å². The molecule has 26 heavy (non-hydrogen) atoms. The van der Waals surface area contributed by atoms with Crippen LogP contribution in [-0.4, -0.2) is 26.6 Å². The maximum atomic E-state index is 12.5. The number of rotatable bonds is 4. The van der Waals surface area contributed by atoms with Crippen LogP contribution in [-0.2, 0) is 16.6 Å². The zero-order valence-electron chi connectivity index (χ0n) is 14.5. The van der Waals surface area contributed by atoms with Crippen molar-refractivity contribution in [3.63, 3.8) is 0 Å². The Bertz CT molecular complexity index is 911. The summed E-state index contributed by atoms with van der Waals surface area (Å²) in [5.74, 6) is -0.197. The molecule has 1 saturated heterocycles. The Labute approximate surface area is 159 Å². The first-order chi connectivity index (χ1) is 12.4. The molecule has 0 saturated carbocycles. The summed E-state index contributed by atoms with van der Waals surface area (Å²) < 4.78 is 25.9. The van der Waals surface area contributed by atoms with Gasteiger partial charge in [-0.25, -0.2) is 8.42 Å². The lowest BCUT2D eigenvalue weighted by molar-refractivity contribution is 0.0951. The molecule has 0 aromatic heterocycles. The second kappa shape index (κ2) is 7.68. The Morgan fingerprint density at radius 1 is 1.15 bits per heavy atom. The molecule has 1 heterocycles. The van der Waals surface area contributed by atoms with E-state index in [1.54, 1.807) is 18.2 Å². The van der Waals surface area contributed by atoms with E-state index in [9.17, 15) is 13.2 Å². The summed E-state index contributed by atoms with van der Waals surface area (Å²) in [7, 11) is -3.33. The highest BCUT2D eigenvalue weighted by molar-refractivity contribution is 7.92. The van der Waals surface area contributed by atoms with Crippen molar-refractivity contribution in [2.24, 2.45) is 0 Å². The fourth-order valence-electron chi connectivity index (χ4n) is 2.90. The summed E-state index contributed by atoms with van der Waals surface area (Å²) in [6, 6.07) is 12.6. The number of sulfonamides is 1. The van der Waals surface area contributed by atoms with Gasteiger partial charge in [0.25, 0.3) is 5.91 Å². The average molecular weight is 393 g/mol. The lowest BCUT2D eigenvalue weighted by atomic mass is 10.1. The Morgan fingerprint density at radius 2 is 1.88 bits per heavy atom. The highest BCUT2D eigenvalue weighted by atomic mass is 35.5. The van der Waals surface area contributed by atoms with Gasteiger partial charge in [-0.3, -0.25) is 9.10 Å². The van der Waals surface area contributed by atoms with Crippen LogP contribution in [0.2, 0.25) is 5.02 Å². The Kier molecular flexibility index (Phi) is 5.53. The Morgan fingerprint density at radius 3 is 2.58 bits per heavy atom. The number of hydrogen-bond acceptors (Lipinski definition) is 3. The fourth-order valence-corrected chi connectivity index (χ4v) is 4.74. The number of carbonyl (C=O) groups excluding carboxylic acids is 1. The van der Waals surface area contributed by atoms with Gasteiger partial charge in [0.2, 0.25) is 10.0 Å². The molecule has 1 aliphatic heterocycles. The first-order valence-corrected chi connectivity index (χ1v) is 10.5. The van der Waals surface area contributed by atoms with E-state index in [4.69, 9.17) is 11.6 Å². The van der Waals surface area contributed by atoms with E-state index in [1.165, 1.54) is 4.31 Å². The lowest BCUT2D eigenvalue weighted by Gasteiger charge is -2.28. The topological polar surface area (TPSA) is 66.5 Å². The van der Waals surface area contributed by atoms with E-state index >= 15 is 0 Å². The molecule has 1 amide bonds. The van der Waals surface area contributed by atoms with Crippen molar-refractivity contribution in [2.45, 2.75) is 26.3 Å². The first kappa shape index (κ1) is 18.7. The molecule has 0 aliphatic carbocycles. The molecule has 0 bridgehead atoms. The third-order valence-electron chi connectivity index (χ3n) is 4.41. The molecular formula is C19H21ClN2O3S. The van der Waals surface area contributed by atoms with Crippen LogP contribution in [0.4, 0.5) is 5.69 Å². The summed E-state index contributed by atoms with van der Waals surface area (Å²) in [5, 5.41) is 3.13. The van der Waals surface area contributed by atoms with Crippen LogP contribution in [0.1, 0.15) is 34.3 Å². The molecule has 3 rings (SSSR count). The van der Waals surface area contributed by atoms with Crippen LogP contribution in [0.25, 0.3) is 0 Å². The monoisotopic (exact) mass is 392 g/mol. The number of nitrogens with zero attached hydrogens (tertiary/aromatic N) is 1. The van der Waals surface area contributed by atoms with Crippen LogP contribution in [0, 0.1) is 6.92 Å². The maximum absolute atomic E-state index is 12.5. The van der Waals surface area contributed by atoms with E-state index in [2.05, 4.69) is 5.32 Å². The van der Waals surface area contributed by atoms with Crippen LogP contribution < -0.4 is 9.62 Å². The van der Waals surface area contributed by atoms with Gasteiger partial charge in [-0.15, -0.1) is 0 Å².